The molecule has 1 aromatic heterocycles. The second kappa shape index (κ2) is 8.38. The van der Waals surface area contributed by atoms with Crippen LogP contribution in [0.15, 0.2) is 18.3 Å². The summed E-state index contributed by atoms with van der Waals surface area (Å²) in [5.74, 6) is 0.507. The van der Waals surface area contributed by atoms with Crippen molar-refractivity contribution in [2.24, 2.45) is 0 Å². The quantitative estimate of drug-likeness (QED) is 0.879. The molecule has 0 radical (unpaired) electrons. The van der Waals surface area contributed by atoms with Gasteiger partial charge in [0.2, 0.25) is 0 Å². The molecule has 140 valence electrons. The lowest BCUT2D eigenvalue weighted by Crippen LogP contribution is -2.49. The Bertz CT molecular complexity index is 556. The molecule has 2 rings (SSSR count). The Hall–Kier alpha value is -2.02. The summed E-state index contributed by atoms with van der Waals surface area (Å²) in [7, 11) is 0. The molecule has 0 spiro atoms. The van der Waals surface area contributed by atoms with Crippen molar-refractivity contribution in [3.05, 3.63) is 18.3 Å². The molecule has 0 saturated carbocycles. The lowest BCUT2D eigenvalue weighted by atomic mass is 10.2. The minimum atomic E-state index is -0.502. The second-order valence-electron chi connectivity index (χ2n) is 7.31. The topological polar surface area (TPSA) is 80.9 Å². The van der Waals surface area contributed by atoms with Gasteiger partial charge in [-0.3, -0.25) is 0 Å². The van der Waals surface area contributed by atoms with Gasteiger partial charge in [-0.2, -0.15) is 0 Å². The average molecular weight is 350 g/mol. The van der Waals surface area contributed by atoms with Crippen LogP contribution < -0.4 is 10.6 Å². The molecular formula is C18H30N4O3. The zero-order valence-corrected chi connectivity index (χ0v) is 15.7. The first kappa shape index (κ1) is 19.3. The summed E-state index contributed by atoms with van der Waals surface area (Å²) >= 11 is 0. The van der Waals surface area contributed by atoms with E-state index in [1.807, 2.05) is 33.8 Å². The number of rotatable bonds is 5. The number of amides is 1. The van der Waals surface area contributed by atoms with Crippen LogP contribution in [0, 0.1) is 0 Å². The Kier molecular flexibility index (Phi) is 6.47. The first-order valence-electron chi connectivity index (χ1n) is 8.84. The van der Waals surface area contributed by atoms with Crippen molar-refractivity contribution in [2.45, 2.75) is 45.8 Å². The van der Waals surface area contributed by atoms with Gasteiger partial charge in [-0.25, -0.2) is 9.78 Å². The number of ether oxygens (including phenoxy) is 2. The maximum absolute atomic E-state index is 12.4. The predicted molar refractivity (Wildman–Crippen MR) is 98.7 cm³/mol. The van der Waals surface area contributed by atoms with Crippen molar-refractivity contribution >= 4 is 17.6 Å². The summed E-state index contributed by atoms with van der Waals surface area (Å²) in [5.41, 5.74) is 6.17. The Morgan fingerprint density at radius 2 is 2.24 bits per heavy atom. The fraction of sp³-hybridized carbons (Fsp3) is 0.667. The van der Waals surface area contributed by atoms with Gasteiger partial charge in [0.25, 0.3) is 0 Å². The van der Waals surface area contributed by atoms with Gasteiger partial charge in [0, 0.05) is 19.6 Å². The van der Waals surface area contributed by atoms with Gasteiger partial charge in [-0.05, 0) is 39.3 Å². The number of aromatic nitrogens is 1. The number of hydrogen-bond acceptors (Lipinski definition) is 6. The first-order valence-corrected chi connectivity index (χ1v) is 8.84. The number of pyridine rings is 1. The number of anilines is 2. The molecule has 7 nitrogen and oxygen atoms in total. The third kappa shape index (κ3) is 6.08. The second-order valence-corrected chi connectivity index (χ2v) is 7.31. The number of nitrogens with zero attached hydrogens (tertiary/aromatic N) is 3. The first-order chi connectivity index (χ1) is 11.8. The summed E-state index contributed by atoms with van der Waals surface area (Å²) in [6, 6.07) is 3.76. The van der Waals surface area contributed by atoms with Gasteiger partial charge >= 0.3 is 6.09 Å². The van der Waals surface area contributed by atoms with Crippen LogP contribution in [0.1, 0.15) is 34.1 Å². The summed E-state index contributed by atoms with van der Waals surface area (Å²) in [5, 5.41) is 0. The molecule has 1 amide bonds. The fourth-order valence-electron chi connectivity index (χ4n) is 2.75. The third-order valence-corrected chi connectivity index (χ3v) is 3.84. The van der Waals surface area contributed by atoms with Crippen LogP contribution in [0.3, 0.4) is 0 Å². The number of hydrogen-bond donors (Lipinski definition) is 1. The highest BCUT2D eigenvalue weighted by Gasteiger charge is 2.27. The van der Waals surface area contributed by atoms with E-state index in [9.17, 15) is 4.79 Å². The fourth-order valence-corrected chi connectivity index (χ4v) is 2.75. The van der Waals surface area contributed by atoms with E-state index in [0.717, 1.165) is 18.7 Å². The summed E-state index contributed by atoms with van der Waals surface area (Å²) < 4.78 is 11.4. The van der Waals surface area contributed by atoms with Crippen molar-refractivity contribution in [1.29, 1.82) is 0 Å². The number of nitrogens with two attached hydrogens (primary N) is 1. The van der Waals surface area contributed by atoms with Crippen LogP contribution in [0.25, 0.3) is 0 Å². The standard InChI is InChI=1S/C18H30N4O3/c1-5-8-22(17(23)25-18(2,3)4)13-15-12-21(9-10-24-15)14-6-7-16(19)20-11-14/h6-7,11,15H,5,8-10,12-13H2,1-4H3,(H2,19,20)/t15-/m0/s1. The third-order valence-electron chi connectivity index (χ3n) is 3.84. The lowest BCUT2D eigenvalue weighted by Gasteiger charge is -2.37. The molecule has 1 atom stereocenters. The van der Waals surface area contributed by atoms with E-state index in [4.69, 9.17) is 15.2 Å². The van der Waals surface area contributed by atoms with E-state index < -0.39 is 5.60 Å². The number of carbonyl (C=O) groups excluding carboxylic acids is 1. The zero-order valence-electron chi connectivity index (χ0n) is 15.7. The van der Waals surface area contributed by atoms with Crippen LogP contribution in [0.5, 0.6) is 0 Å². The molecule has 2 heterocycles. The molecule has 2 N–H and O–H groups in total. The highest BCUT2D eigenvalue weighted by molar-refractivity contribution is 5.68. The van der Waals surface area contributed by atoms with Crippen LogP contribution in [0.4, 0.5) is 16.3 Å². The van der Waals surface area contributed by atoms with Gasteiger partial charge in [0.1, 0.15) is 11.4 Å². The van der Waals surface area contributed by atoms with Gasteiger partial charge in [-0.15, -0.1) is 0 Å². The minimum Gasteiger partial charge on any atom is -0.444 e. The average Bonchev–Trinajstić information content (AvgIpc) is 2.54. The molecule has 1 aliphatic rings. The zero-order chi connectivity index (χ0) is 18.4. The number of morpholine rings is 1. The normalized spacial score (nSPS) is 18.1. The Morgan fingerprint density at radius 1 is 1.48 bits per heavy atom. The molecule has 1 aliphatic heterocycles. The van der Waals surface area contributed by atoms with Crippen molar-refractivity contribution in [3.8, 4) is 0 Å². The molecule has 1 aromatic rings. The molecular weight excluding hydrogens is 320 g/mol. The van der Waals surface area contributed by atoms with Crippen LogP contribution in [0.2, 0.25) is 0 Å². The highest BCUT2D eigenvalue weighted by Crippen LogP contribution is 2.19. The minimum absolute atomic E-state index is 0.0645. The largest absolute Gasteiger partial charge is 0.444 e. The number of nitrogen functional groups attached to an aromatic ring is 1. The van der Waals surface area contributed by atoms with E-state index in [1.165, 1.54) is 0 Å². The van der Waals surface area contributed by atoms with E-state index in [0.29, 0.717) is 32.1 Å². The monoisotopic (exact) mass is 350 g/mol. The summed E-state index contributed by atoms with van der Waals surface area (Å²) in [6.07, 6.45) is 2.29. The highest BCUT2D eigenvalue weighted by atomic mass is 16.6. The Labute approximate surface area is 150 Å². The summed E-state index contributed by atoms with van der Waals surface area (Å²) in [6.45, 7) is 11.0. The van der Waals surface area contributed by atoms with Crippen molar-refractivity contribution in [3.63, 3.8) is 0 Å². The molecule has 1 fully saturated rings. The number of carbonyl (C=O) groups is 1. The van der Waals surface area contributed by atoms with E-state index in [-0.39, 0.29) is 12.2 Å². The Balaban J connectivity index is 1.98. The summed E-state index contributed by atoms with van der Waals surface area (Å²) in [4.78, 5) is 20.5. The van der Waals surface area contributed by atoms with E-state index in [2.05, 4.69) is 9.88 Å². The van der Waals surface area contributed by atoms with Crippen LogP contribution in [-0.2, 0) is 9.47 Å². The molecule has 0 unspecified atom stereocenters. The smallest absolute Gasteiger partial charge is 0.410 e. The SMILES string of the molecule is CCCN(C[C@@H]1CN(c2ccc(N)nc2)CCO1)C(=O)OC(C)(C)C. The maximum atomic E-state index is 12.4. The van der Waals surface area contributed by atoms with Gasteiger partial charge in [0.05, 0.1) is 31.1 Å². The Morgan fingerprint density at radius 3 is 2.84 bits per heavy atom. The molecule has 0 aliphatic carbocycles. The lowest BCUT2D eigenvalue weighted by molar-refractivity contribution is -0.00708. The van der Waals surface area contributed by atoms with Crippen LogP contribution in [-0.4, -0.2) is 60.5 Å². The van der Waals surface area contributed by atoms with Crippen molar-refractivity contribution in [1.82, 2.24) is 9.88 Å². The van der Waals surface area contributed by atoms with Crippen LogP contribution >= 0.6 is 0 Å². The van der Waals surface area contributed by atoms with E-state index in [1.54, 1.807) is 17.2 Å². The molecule has 1 saturated heterocycles. The van der Waals surface area contributed by atoms with Gasteiger partial charge in [0.15, 0.2) is 0 Å². The van der Waals surface area contributed by atoms with Crippen molar-refractivity contribution in [2.75, 3.05) is 43.4 Å². The van der Waals surface area contributed by atoms with Gasteiger partial charge < -0.3 is 25.0 Å². The molecule has 0 aromatic carbocycles. The maximum Gasteiger partial charge on any atom is 0.410 e. The molecule has 25 heavy (non-hydrogen) atoms. The molecule has 7 heteroatoms. The van der Waals surface area contributed by atoms with Crippen molar-refractivity contribution < 1.29 is 14.3 Å². The van der Waals surface area contributed by atoms with Gasteiger partial charge in [-0.1, -0.05) is 6.92 Å². The predicted octanol–water partition coefficient (Wildman–Crippen LogP) is 2.52. The van der Waals surface area contributed by atoms with E-state index >= 15 is 0 Å². The molecule has 0 bridgehead atoms.